The number of pyridine rings is 1. The number of anilines is 1. The second-order valence-corrected chi connectivity index (χ2v) is 17.5. The number of para-hydroxylation sites is 1. The number of hydrogen-bond acceptors (Lipinski definition) is 6. The van der Waals surface area contributed by atoms with Gasteiger partial charge in [0, 0.05) is 17.1 Å². The zero-order valence-corrected chi connectivity index (χ0v) is 27.8. The van der Waals surface area contributed by atoms with Gasteiger partial charge in [0.1, 0.15) is 13.1 Å². The highest BCUT2D eigenvalue weighted by molar-refractivity contribution is 6.74. The number of nitrogens with two attached hydrogens (primary N) is 1. The molecule has 0 aliphatic carbocycles. The fourth-order valence-corrected chi connectivity index (χ4v) is 5.79. The quantitative estimate of drug-likeness (QED) is 0.209. The number of carbonyl (C=O) groups is 3. The lowest BCUT2D eigenvalue weighted by Crippen LogP contribution is -2.50. The van der Waals surface area contributed by atoms with Crippen LogP contribution in [0.25, 0.3) is 22.2 Å². The summed E-state index contributed by atoms with van der Waals surface area (Å²) in [6.07, 6.45) is 1.58. The first-order chi connectivity index (χ1) is 21.1. The maximum absolute atomic E-state index is 15.6. The standard InChI is InChI=1S/C33H41FN6O4Si/c1-21-12-11-17-36-30(21)24-14-10-15-25(29(24)34)37-27(41)18-39(22(2)20-44-45(6,7)33(3,4)5)28(42)19-40-26-16-9-8-13-23(26)31(38-40)32(35)43/h8-17,22H,18-20H2,1-7H3,(H2,35,43)(H,37,41)/t22-/m1/s1. The molecule has 0 aliphatic heterocycles. The zero-order chi connectivity index (χ0) is 33.1. The summed E-state index contributed by atoms with van der Waals surface area (Å²) >= 11 is 0. The molecule has 45 heavy (non-hydrogen) atoms. The molecule has 0 spiro atoms. The van der Waals surface area contributed by atoms with Gasteiger partial charge in [0.25, 0.3) is 5.91 Å². The predicted molar refractivity (Wildman–Crippen MR) is 176 cm³/mol. The zero-order valence-electron chi connectivity index (χ0n) is 26.8. The van der Waals surface area contributed by atoms with Crippen molar-refractivity contribution in [3.8, 4) is 11.3 Å². The number of amides is 3. The molecule has 0 saturated heterocycles. The van der Waals surface area contributed by atoms with Crippen LogP contribution in [0, 0.1) is 12.7 Å². The monoisotopic (exact) mass is 632 g/mol. The number of nitrogens with zero attached hydrogens (tertiary/aromatic N) is 4. The summed E-state index contributed by atoms with van der Waals surface area (Å²) in [6.45, 7) is 13.8. The summed E-state index contributed by atoms with van der Waals surface area (Å²) < 4.78 is 23.4. The fraction of sp³-hybridized carbons (Fsp3) is 0.364. The van der Waals surface area contributed by atoms with Gasteiger partial charge in [-0.15, -0.1) is 0 Å². The highest BCUT2D eigenvalue weighted by Crippen LogP contribution is 2.36. The van der Waals surface area contributed by atoms with Crippen molar-refractivity contribution >= 4 is 42.6 Å². The molecule has 0 bridgehead atoms. The van der Waals surface area contributed by atoms with Crippen molar-refractivity contribution in [2.75, 3.05) is 18.5 Å². The highest BCUT2D eigenvalue weighted by Gasteiger charge is 2.38. The molecule has 12 heteroatoms. The van der Waals surface area contributed by atoms with E-state index in [0.717, 1.165) is 5.56 Å². The molecule has 0 saturated carbocycles. The average Bonchev–Trinajstić information content (AvgIpc) is 3.34. The van der Waals surface area contributed by atoms with E-state index < -0.39 is 37.9 Å². The first-order valence-corrected chi connectivity index (χ1v) is 17.7. The van der Waals surface area contributed by atoms with Crippen molar-refractivity contribution in [1.29, 1.82) is 0 Å². The van der Waals surface area contributed by atoms with Crippen molar-refractivity contribution in [2.24, 2.45) is 5.73 Å². The molecule has 4 rings (SSSR count). The maximum Gasteiger partial charge on any atom is 0.269 e. The number of aromatic nitrogens is 3. The number of rotatable bonds is 11. The number of fused-ring (bicyclic) bond motifs is 1. The van der Waals surface area contributed by atoms with Gasteiger partial charge >= 0.3 is 0 Å². The SMILES string of the molecule is Cc1cccnc1-c1cccc(NC(=O)CN(C(=O)Cn2nc(C(N)=O)c3ccccc32)[C@H](C)CO[Si](C)(C)C(C)(C)C)c1F. The van der Waals surface area contributed by atoms with Crippen LogP contribution in [0.4, 0.5) is 10.1 Å². The Morgan fingerprint density at radius 1 is 1.09 bits per heavy atom. The van der Waals surface area contributed by atoms with Crippen molar-refractivity contribution in [1.82, 2.24) is 19.7 Å². The number of halogens is 1. The summed E-state index contributed by atoms with van der Waals surface area (Å²) in [7, 11) is -2.18. The van der Waals surface area contributed by atoms with Gasteiger partial charge in [-0.05, 0) is 61.8 Å². The fourth-order valence-electron chi connectivity index (χ4n) is 4.70. The van der Waals surface area contributed by atoms with E-state index in [4.69, 9.17) is 10.2 Å². The summed E-state index contributed by atoms with van der Waals surface area (Å²) in [5.41, 5.74) is 7.64. The van der Waals surface area contributed by atoms with Gasteiger partial charge in [-0.2, -0.15) is 5.10 Å². The normalized spacial score (nSPS) is 12.6. The Labute approximate surface area is 263 Å². The Kier molecular flexibility index (Phi) is 9.88. The molecule has 2 aromatic heterocycles. The highest BCUT2D eigenvalue weighted by atomic mass is 28.4. The lowest BCUT2D eigenvalue weighted by molar-refractivity contribution is -0.138. The van der Waals surface area contributed by atoms with Crippen LogP contribution in [0.3, 0.4) is 0 Å². The van der Waals surface area contributed by atoms with Gasteiger partial charge in [0.15, 0.2) is 19.8 Å². The minimum absolute atomic E-state index is 0.0238. The summed E-state index contributed by atoms with van der Waals surface area (Å²) in [5, 5.41) is 7.40. The lowest BCUT2D eigenvalue weighted by Gasteiger charge is -2.38. The summed E-state index contributed by atoms with van der Waals surface area (Å²) in [4.78, 5) is 45.0. The van der Waals surface area contributed by atoms with Crippen LogP contribution in [0.5, 0.6) is 0 Å². The van der Waals surface area contributed by atoms with Crippen molar-refractivity contribution < 1.29 is 23.2 Å². The van der Waals surface area contributed by atoms with Gasteiger partial charge in [0.2, 0.25) is 11.8 Å². The van der Waals surface area contributed by atoms with E-state index in [1.807, 2.05) is 13.0 Å². The maximum atomic E-state index is 15.6. The second-order valence-electron chi connectivity index (χ2n) is 12.7. The minimum atomic E-state index is -2.18. The summed E-state index contributed by atoms with van der Waals surface area (Å²) in [5.74, 6) is -2.35. The number of hydrogen-bond donors (Lipinski definition) is 2. The molecule has 0 aliphatic rings. The minimum Gasteiger partial charge on any atom is -0.415 e. The Hall–Kier alpha value is -4.42. The van der Waals surface area contributed by atoms with E-state index in [2.05, 4.69) is 49.3 Å². The number of benzene rings is 2. The topological polar surface area (TPSA) is 132 Å². The first kappa shape index (κ1) is 33.5. The number of carbonyl (C=O) groups excluding carboxylic acids is 3. The molecule has 0 fully saturated rings. The molecule has 0 radical (unpaired) electrons. The van der Waals surface area contributed by atoms with Gasteiger partial charge < -0.3 is 20.4 Å². The van der Waals surface area contributed by atoms with Gasteiger partial charge in [-0.3, -0.25) is 24.0 Å². The number of aryl methyl sites for hydroxylation is 1. The van der Waals surface area contributed by atoms with E-state index in [0.29, 0.717) is 16.6 Å². The van der Waals surface area contributed by atoms with Gasteiger partial charge in [-0.1, -0.05) is 51.1 Å². The average molecular weight is 633 g/mol. The molecule has 1 atom stereocenters. The van der Waals surface area contributed by atoms with E-state index in [9.17, 15) is 14.4 Å². The summed E-state index contributed by atoms with van der Waals surface area (Å²) in [6, 6.07) is 14.8. The third-order valence-corrected chi connectivity index (χ3v) is 12.9. The van der Waals surface area contributed by atoms with Crippen LogP contribution in [0.2, 0.25) is 18.1 Å². The van der Waals surface area contributed by atoms with Gasteiger partial charge in [-0.25, -0.2) is 4.39 Å². The largest absolute Gasteiger partial charge is 0.415 e. The van der Waals surface area contributed by atoms with Crippen LogP contribution in [-0.4, -0.2) is 64.9 Å². The van der Waals surface area contributed by atoms with Gasteiger partial charge in [0.05, 0.1) is 29.5 Å². The smallest absolute Gasteiger partial charge is 0.269 e. The van der Waals surface area contributed by atoms with Crippen LogP contribution < -0.4 is 11.1 Å². The molecule has 3 amide bonds. The van der Waals surface area contributed by atoms with Crippen molar-refractivity contribution in [3.05, 3.63) is 77.9 Å². The molecule has 3 N–H and O–H groups in total. The van der Waals surface area contributed by atoms with E-state index in [1.165, 1.54) is 15.6 Å². The Morgan fingerprint density at radius 2 is 1.80 bits per heavy atom. The van der Waals surface area contributed by atoms with Crippen LogP contribution >= 0.6 is 0 Å². The van der Waals surface area contributed by atoms with E-state index in [1.54, 1.807) is 55.6 Å². The van der Waals surface area contributed by atoms with E-state index in [-0.39, 0.29) is 41.7 Å². The molecule has 2 heterocycles. The molecular formula is C33H41FN6O4Si. The molecule has 4 aromatic rings. The molecule has 10 nitrogen and oxygen atoms in total. The first-order valence-electron chi connectivity index (χ1n) is 14.8. The Bertz CT molecular complexity index is 1730. The number of primary amides is 1. The second kappa shape index (κ2) is 13.3. The van der Waals surface area contributed by atoms with E-state index >= 15 is 4.39 Å². The predicted octanol–water partition coefficient (Wildman–Crippen LogP) is 5.52. The van der Waals surface area contributed by atoms with Crippen LogP contribution in [-0.2, 0) is 20.6 Å². The molecular weight excluding hydrogens is 591 g/mol. The number of nitrogens with one attached hydrogen (secondary N) is 1. The van der Waals surface area contributed by atoms with Crippen LogP contribution in [0.1, 0.15) is 43.7 Å². The molecule has 2 aromatic carbocycles. The van der Waals surface area contributed by atoms with Crippen molar-refractivity contribution in [2.45, 2.75) is 65.3 Å². The molecule has 238 valence electrons. The third kappa shape index (κ3) is 7.46. The third-order valence-electron chi connectivity index (χ3n) is 8.37. The van der Waals surface area contributed by atoms with Crippen LogP contribution in [0.15, 0.2) is 60.8 Å². The van der Waals surface area contributed by atoms with Crippen molar-refractivity contribution in [3.63, 3.8) is 0 Å². The Balaban J connectivity index is 1.61. The molecule has 0 unspecified atom stereocenters. The Morgan fingerprint density at radius 3 is 2.47 bits per heavy atom. The lowest BCUT2D eigenvalue weighted by atomic mass is 10.1.